The molecule has 0 unspecified atom stereocenters. The lowest BCUT2D eigenvalue weighted by Crippen LogP contribution is -2.39. The molecular formula is C19H12N2O. The van der Waals surface area contributed by atoms with Crippen LogP contribution in [0.5, 0.6) is 0 Å². The molecule has 2 bridgehead atoms. The van der Waals surface area contributed by atoms with Crippen LogP contribution in [0, 0.1) is 34.5 Å². The quantitative estimate of drug-likeness (QED) is 0.754. The number of carbonyl (C=O) groups excluding carboxylic acids is 1. The Labute approximate surface area is 128 Å². The fraction of sp³-hybridized carbons (Fsp3) is 0.211. The Bertz CT molecular complexity index is 872. The summed E-state index contributed by atoms with van der Waals surface area (Å²) in [7, 11) is 0. The van der Waals surface area contributed by atoms with Crippen LogP contribution < -0.4 is 0 Å². The molecule has 4 atom stereocenters. The third kappa shape index (κ3) is 1.41. The molecule has 0 aliphatic heterocycles. The molecule has 0 saturated heterocycles. The van der Waals surface area contributed by atoms with Crippen LogP contribution in [0.2, 0.25) is 0 Å². The number of fused-ring (bicyclic) bond motifs is 1. The molecule has 22 heavy (non-hydrogen) atoms. The molecular weight excluding hydrogens is 272 g/mol. The summed E-state index contributed by atoms with van der Waals surface area (Å²) in [5, 5.41) is 19.3. The van der Waals surface area contributed by atoms with Gasteiger partial charge in [-0.3, -0.25) is 4.79 Å². The Kier molecular flexibility index (Phi) is 2.65. The maximum Gasteiger partial charge on any atom is 0.150 e. The molecule has 0 radical (unpaired) electrons. The Morgan fingerprint density at radius 3 is 2.05 bits per heavy atom. The molecule has 0 aromatic heterocycles. The standard InChI is InChI=1S/C19H12N2O/c20-8-15-16(9-21)19-13-6-2-1-5-12(13)18(15)14-7-3-4-11(10-22)17(14)19/h1-7,10,15-16,18-19H/t15-,16+,18+,19-/m0/s1. The number of nitrogens with zero attached hydrogens (tertiary/aromatic N) is 2. The van der Waals surface area contributed by atoms with Gasteiger partial charge >= 0.3 is 0 Å². The lowest BCUT2D eigenvalue weighted by Gasteiger charge is -2.46. The fourth-order valence-electron chi connectivity index (χ4n) is 4.22. The van der Waals surface area contributed by atoms with Crippen molar-refractivity contribution in [2.24, 2.45) is 11.8 Å². The molecule has 3 aliphatic rings. The van der Waals surface area contributed by atoms with E-state index in [9.17, 15) is 15.3 Å². The Morgan fingerprint density at radius 1 is 0.818 bits per heavy atom. The van der Waals surface area contributed by atoms with Crippen LogP contribution in [0.1, 0.15) is 44.4 Å². The zero-order valence-corrected chi connectivity index (χ0v) is 11.7. The molecule has 0 fully saturated rings. The number of hydrogen-bond donors (Lipinski definition) is 0. The van der Waals surface area contributed by atoms with Gasteiger partial charge in [0.1, 0.15) is 6.29 Å². The van der Waals surface area contributed by atoms with E-state index in [1.807, 2.05) is 36.4 Å². The Balaban J connectivity index is 2.11. The van der Waals surface area contributed by atoms with Gasteiger partial charge in [-0.25, -0.2) is 0 Å². The van der Waals surface area contributed by atoms with Crippen LogP contribution in [-0.2, 0) is 0 Å². The molecule has 104 valence electrons. The minimum atomic E-state index is -0.404. The summed E-state index contributed by atoms with van der Waals surface area (Å²) in [6, 6.07) is 18.3. The van der Waals surface area contributed by atoms with E-state index in [0.29, 0.717) is 5.56 Å². The molecule has 3 nitrogen and oxygen atoms in total. The lowest BCUT2D eigenvalue weighted by atomic mass is 9.54. The van der Waals surface area contributed by atoms with Gasteiger partial charge in [0.25, 0.3) is 0 Å². The largest absolute Gasteiger partial charge is 0.298 e. The second kappa shape index (κ2) is 4.55. The molecule has 0 amide bonds. The number of aldehydes is 1. The zero-order valence-electron chi connectivity index (χ0n) is 11.7. The first-order valence-electron chi connectivity index (χ1n) is 7.28. The second-order valence-electron chi connectivity index (χ2n) is 5.86. The summed E-state index contributed by atoms with van der Waals surface area (Å²) in [5.41, 5.74) is 4.83. The van der Waals surface area contributed by atoms with E-state index >= 15 is 0 Å². The molecule has 3 heteroatoms. The van der Waals surface area contributed by atoms with Crippen molar-refractivity contribution in [3.8, 4) is 12.1 Å². The third-order valence-corrected chi connectivity index (χ3v) is 5.02. The Hall–Kier alpha value is -2.91. The normalized spacial score (nSPS) is 27.2. The van der Waals surface area contributed by atoms with Crippen LogP contribution in [0.15, 0.2) is 42.5 Å². The maximum atomic E-state index is 11.5. The molecule has 3 aliphatic carbocycles. The van der Waals surface area contributed by atoms with Gasteiger partial charge in [-0.05, 0) is 22.3 Å². The van der Waals surface area contributed by atoms with E-state index in [2.05, 4.69) is 12.1 Å². The fourth-order valence-corrected chi connectivity index (χ4v) is 4.22. The van der Waals surface area contributed by atoms with Crippen molar-refractivity contribution in [2.45, 2.75) is 11.8 Å². The molecule has 0 heterocycles. The van der Waals surface area contributed by atoms with E-state index in [1.54, 1.807) is 6.07 Å². The van der Waals surface area contributed by atoms with Crippen molar-refractivity contribution in [3.05, 3.63) is 70.3 Å². The van der Waals surface area contributed by atoms with E-state index in [4.69, 9.17) is 0 Å². The minimum absolute atomic E-state index is 0.120. The maximum absolute atomic E-state index is 11.5. The molecule has 5 rings (SSSR count). The molecule has 0 N–H and O–H groups in total. The second-order valence-corrected chi connectivity index (χ2v) is 5.86. The van der Waals surface area contributed by atoms with Crippen molar-refractivity contribution in [1.82, 2.24) is 0 Å². The summed E-state index contributed by atoms with van der Waals surface area (Å²) in [6.07, 6.45) is 0.859. The molecule has 0 saturated carbocycles. The van der Waals surface area contributed by atoms with Gasteiger partial charge in [0, 0.05) is 17.4 Å². The van der Waals surface area contributed by atoms with Crippen LogP contribution in [0.25, 0.3) is 0 Å². The van der Waals surface area contributed by atoms with E-state index in [-0.39, 0.29) is 17.8 Å². The van der Waals surface area contributed by atoms with Crippen LogP contribution in [0.3, 0.4) is 0 Å². The number of benzene rings is 2. The summed E-state index contributed by atoms with van der Waals surface area (Å²) in [4.78, 5) is 11.5. The van der Waals surface area contributed by atoms with Crippen LogP contribution in [0.4, 0.5) is 0 Å². The number of carbonyl (C=O) groups is 1. The van der Waals surface area contributed by atoms with Crippen LogP contribution in [-0.4, -0.2) is 6.29 Å². The summed E-state index contributed by atoms with van der Waals surface area (Å²) in [5.74, 6) is -1.07. The van der Waals surface area contributed by atoms with Gasteiger partial charge in [0.2, 0.25) is 0 Å². The third-order valence-electron chi connectivity index (χ3n) is 5.02. The topological polar surface area (TPSA) is 64.7 Å². The molecule has 2 aromatic carbocycles. The van der Waals surface area contributed by atoms with E-state index in [0.717, 1.165) is 28.5 Å². The SMILES string of the molecule is N#C[C@@H]1[C@@H]2c3ccccc3[C@H](c3c(C=O)cccc32)[C@@H]1C#N. The number of rotatable bonds is 1. The lowest BCUT2D eigenvalue weighted by molar-refractivity contribution is 0.112. The molecule has 2 aromatic rings. The van der Waals surface area contributed by atoms with Gasteiger partial charge < -0.3 is 0 Å². The summed E-state index contributed by atoms with van der Waals surface area (Å²) in [6.45, 7) is 0. The van der Waals surface area contributed by atoms with Crippen molar-refractivity contribution in [1.29, 1.82) is 10.5 Å². The van der Waals surface area contributed by atoms with Crippen molar-refractivity contribution < 1.29 is 4.79 Å². The Morgan fingerprint density at radius 2 is 1.41 bits per heavy atom. The summed E-state index contributed by atoms with van der Waals surface area (Å²) < 4.78 is 0. The highest BCUT2D eigenvalue weighted by Crippen LogP contribution is 2.58. The van der Waals surface area contributed by atoms with Gasteiger partial charge in [-0.2, -0.15) is 10.5 Å². The average Bonchev–Trinajstić information content (AvgIpc) is 2.60. The highest BCUT2D eigenvalue weighted by molar-refractivity contribution is 5.81. The predicted octanol–water partition coefficient (Wildman–Crippen LogP) is 3.37. The highest BCUT2D eigenvalue weighted by Gasteiger charge is 2.50. The van der Waals surface area contributed by atoms with Gasteiger partial charge in [0.15, 0.2) is 0 Å². The first-order valence-corrected chi connectivity index (χ1v) is 7.28. The average molecular weight is 284 g/mol. The van der Waals surface area contributed by atoms with E-state index in [1.165, 1.54) is 0 Å². The van der Waals surface area contributed by atoms with Gasteiger partial charge in [-0.15, -0.1) is 0 Å². The number of nitriles is 2. The first kappa shape index (κ1) is 12.8. The highest BCUT2D eigenvalue weighted by atomic mass is 16.1. The molecule has 0 spiro atoms. The van der Waals surface area contributed by atoms with Crippen LogP contribution >= 0.6 is 0 Å². The van der Waals surface area contributed by atoms with Crippen molar-refractivity contribution >= 4 is 6.29 Å². The number of hydrogen-bond acceptors (Lipinski definition) is 3. The van der Waals surface area contributed by atoms with Gasteiger partial charge in [0.05, 0.1) is 24.0 Å². The predicted molar refractivity (Wildman–Crippen MR) is 80.2 cm³/mol. The smallest absolute Gasteiger partial charge is 0.150 e. The summed E-state index contributed by atoms with van der Waals surface area (Å²) >= 11 is 0. The minimum Gasteiger partial charge on any atom is -0.298 e. The van der Waals surface area contributed by atoms with Crippen molar-refractivity contribution in [3.63, 3.8) is 0 Å². The van der Waals surface area contributed by atoms with E-state index < -0.39 is 5.92 Å². The first-order chi connectivity index (χ1) is 10.8. The van der Waals surface area contributed by atoms with Gasteiger partial charge in [-0.1, -0.05) is 42.5 Å². The monoisotopic (exact) mass is 284 g/mol. The van der Waals surface area contributed by atoms with Crippen molar-refractivity contribution in [2.75, 3.05) is 0 Å². The zero-order chi connectivity index (χ0) is 15.3.